The number of fused-ring (bicyclic) bond motifs is 1. The van der Waals surface area contributed by atoms with Crippen LogP contribution >= 0.6 is 0 Å². The van der Waals surface area contributed by atoms with Gasteiger partial charge in [-0.25, -0.2) is 0 Å². The SMILES string of the molecule is OC1C(O)C(OCc2ccccc2)C2OC3(CCCCC3)OC2C1O. The zero-order valence-corrected chi connectivity index (χ0v) is 14.2. The van der Waals surface area contributed by atoms with Crippen molar-refractivity contribution in [1.82, 2.24) is 0 Å². The molecule has 6 atom stereocenters. The van der Waals surface area contributed by atoms with Crippen molar-refractivity contribution in [1.29, 1.82) is 0 Å². The van der Waals surface area contributed by atoms with E-state index < -0.39 is 42.4 Å². The van der Waals surface area contributed by atoms with Gasteiger partial charge in [-0.2, -0.15) is 0 Å². The van der Waals surface area contributed by atoms with Crippen molar-refractivity contribution in [2.75, 3.05) is 0 Å². The average Bonchev–Trinajstić information content (AvgIpc) is 3.00. The standard InChI is InChI=1S/C19H26O6/c20-13-14(21)16(23-11-12-7-3-1-4-8-12)18-17(15(13)22)24-19(25-18)9-5-2-6-10-19/h1,3-4,7-8,13-18,20-22H,2,5-6,9-11H2. The van der Waals surface area contributed by atoms with E-state index >= 15 is 0 Å². The summed E-state index contributed by atoms with van der Waals surface area (Å²) in [6, 6.07) is 9.64. The lowest BCUT2D eigenvalue weighted by atomic mass is 9.85. The zero-order valence-electron chi connectivity index (χ0n) is 14.2. The number of benzene rings is 1. The maximum atomic E-state index is 10.4. The Hall–Kier alpha value is -1.02. The molecule has 0 amide bonds. The third-order valence-corrected chi connectivity index (χ3v) is 5.62. The molecule has 3 aliphatic rings. The molecule has 2 saturated carbocycles. The van der Waals surface area contributed by atoms with Gasteiger partial charge in [0.15, 0.2) is 5.79 Å². The van der Waals surface area contributed by atoms with Gasteiger partial charge in [-0.15, -0.1) is 0 Å². The molecule has 2 aliphatic carbocycles. The van der Waals surface area contributed by atoms with Gasteiger partial charge in [0.25, 0.3) is 0 Å². The fourth-order valence-electron chi connectivity index (χ4n) is 4.25. The third-order valence-electron chi connectivity index (χ3n) is 5.62. The second-order valence-corrected chi connectivity index (χ2v) is 7.37. The summed E-state index contributed by atoms with van der Waals surface area (Å²) < 4.78 is 18.2. The first-order valence-corrected chi connectivity index (χ1v) is 9.15. The topological polar surface area (TPSA) is 88.4 Å². The van der Waals surface area contributed by atoms with Gasteiger partial charge in [0.1, 0.15) is 36.6 Å². The van der Waals surface area contributed by atoms with E-state index in [9.17, 15) is 15.3 Å². The third kappa shape index (κ3) is 3.23. The van der Waals surface area contributed by atoms with Gasteiger partial charge in [-0.3, -0.25) is 0 Å². The summed E-state index contributed by atoms with van der Waals surface area (Å²) in [5, 5.41) is 31.0. The van der Waals surface area contributed by atoms with E-state index in [1.54, 1.807) is 0 Å². The summed E-state index contributed by atoms with van der Waals surface area (Å²) in [6.07, 6.45) is -1.03. The summed E-state index contributed by atoms with van der Waals surface area (Å²) >= 11 is 0. The Kier molecular flexibility index (Phi) is 4.83. The van der Waals surface area contributed by atoms with E-state index in [2.05, 4.69) is 0 Å². The van der Waals surface area contributed by atoms with Crippen molar-refractivity contribution < 1.29 is 29.5 Å². The molecule has 25 heavy (non-hydrogen) atoms. The van der Waals surface area contributed by atoms with Gasteiger partial charge < -0.3 is 29.5 Å². The highest BCUT2D eigenvalue weighted by Crippen LogP contribution is 2.45. The Bertz CT molecular complexity index is 573. The van der Waals surface area contributed by atoms with Crippen LogP contribution in [0.3, 0.4) is 0 Å². The van der Waals surface area contributed by atoms with Crippen molar-refractivity contribution in [2.24, 2.45) is 0 Å². The lowest BCUT2D eigenvalue weighted by molar-refractivity contribution is -0.212. The molecule has 1 aliphatic heterocycles. The van der Waals surface area contributed by atoms with Crippen molar-refractivity contribution in [3.63, 3.8) is 0 Å². The van der Waals surface area contributed by atoms with Crippen LogP contribution in [0.4, 0.5) is 0 Å². The van der Waals surface area contributed by atoms with Gasteiger partial charge in [0.2, 0.25) is 0 Å². The highest BCUT2D eigenvalue weighted by atomic mass is 16.8. The summed E-state index contributed by atoms with van der Waals surface area (Å²) in [5.74, 6) is -0.716. The first-order chi connectivity index (χ1) is 12.1. The molecule has 1 aromatic rings. The van der Waals surface area contributed by atoms with Crippen molar-refractivity contribution in [3.8, 4) is 0 Å². The maximum Gasteiger partial charge on any atom is 0.169 e. The molecule has 0 aromatic heterocycles. The summed E-state index contributed by atoms with van der Waals surface area (Å²) in [7, 11) is 0. The number of aliphatic hydroxyl groups excluding tert-OH is 3. The molecule has 3 fully saturated rings. The van der Waals surface area contributed by atoms with Crippen LogP contribution in [0.1, 0.15) is 37.7 Å². The molecule has 4 rings (SSSR count). The molecule has 6 unspecified atom stereocenters. The van der Waals surface area contributed by atoms with Gasteiger partial charge in [-0.05, 0) is 18.4 Å². The minimum absolute atomic E-state index is 0.297. The van der Waals surface area contributed by atoms with E-state index in [1.807, 2.05) is 30.3 Å². The molecule has 1 aromatic carbocycles. The normalized spacial score (nSPS) is 40.1. The van der Waals surface area contributed by atoms with Gasteiger partial charge in [0, 0.05) is 12.8 Å². The average molecular weight is 350 g/mol. The van der Waals surface area contributed by atoms with Crippen LogP contribution in [0.15, 0.2) is 30.3 Å². The molecule has 6 heteroatoms. The molecule has 3 N–H and O–H groups in total. The predicted octanol–water partition coefficient (Wildman–Crippen LogP) is 1.11. The minimum atomic E-state index is -1.32. The Morgan fingerprint density at radius 1 is 0.880 bits per heavy atom. The van der Waals surface area contributed by atoms with Gasteiger partial charge >= 0.3 is 0 Å². The van der Waals surface area contributed by atoms with Crippen LogP contribution in [0, 0.1) is 0 Å². The maximum absolute atomic E-state index is 10.4. The van der Waals surface area contributed by atoms with Gasteiger partial charge in [-0.1, -0.05) is 36.8 Å². The number of hydrogen-bond acceptors (Lipinski definition) is 6. The molecule has 1 saturated heterocycles. The van der Waals surface area contributed by atoms with Crippen molar-refractivity contribution >= 4 is 0 Å². The summed E-state index contributed by atoms with van der Waals surface area (Å²) in [6.45, 7) is 0.297. The summed E-state index contributed by atoms with van der Waals surface area (Å²) in [5.41, 5.74) is 0.971. The molecular formula is C19H26O6. The Labute approximate surface area is 147 Å². The van der Waals surface area contributed by atoms with Crippen LogP contribution in [-0.2, 0) is 20.8 Å². The van der Waals surface area contributed by atoms with Gasteiger partial charge in [0.05, 0.1) is 6.61 Å². The number of hydrogen-bond donors (Lipinski definition) is 3. The Balaban J connectivity index is 1.52. The second-order valence-electron chi connectivity index (χ2n) is 7.37. The lowest BCUT2D eigenvalue weighted by Gasteiger charge is -2.41. The molecule has 0 bridgehead atoms. The highest BCUT2D eigenvalue weighted by molar-refractivity contribution is 5.14. The van der Waals surface area contributed by atoms with E-state index in [4.69, 9.17) is 14.2 Å². The first kappa shape index (κ1) is 17.4. The monoisotopic (exact) mass is 350 g/mol. The van der Waals surface area contributed by atoms with E-state index in [0.29, 0.717) is 6.61 Å². The molecule has 1 spiro atoms. The van der Waals surface area contributed by atoms with E-state index in [1.165, 1.54) is 0 Å². The van der Waals surface area contributed by atoms with Crippen molar-refractivity contribution in [3.05, 3.63) is 35.9 Å². The van der Waals surface area contributed by atoms with E-state index in [-0.39, 0.29) is 0 Å². The zero-order chi connectivity index (χ0) is 17.4. The molecule has 0 radical (unpaired) electrons. The predicted molar refractivity (Wildman–Crippen MR) is 88.6 cm³/mol. The highest BCUT2D eigenvalue weighted by Gasteiger charge is 2.60. The lowest BCUT2D eigenvalue weighted by Crippen LogP contribution is -2.63. The number of ether oxygens (including phenoxy) is 3. The Morgan fingerprint density at radius 3 is 2.28 bits per heavy atom. The van der Waals surface area contributed by atoms with Crippen LogP contribution in [0.25, 0.3) is 0 Å². The van der Waals surface area contributed by atoms with Crippen LogP contribution in [0.2, 0.25) is 0 Å². The molecule has 138 valence electrons. The fraction of sp³-hybridized carbons (Fsp3) is 0.684. The second kappa shape index (κ2) is 6.95. The van der Waals surface area contributed by atoms with Crippen LogP contribution in [-0.4, -0.2) is 57.7 Å². The number of rotatable bonds is 3. The summed E-state index contributed by atoms with van der Waals surface area (Å²) in [4.78, 5) is 0. The fourth-order valence-corrected chi connectivity index (χ4v) is 4.25. The van der Waals surface area contributed by atoms with E-state index in [0.717, 1.165) is 37.7 Å². The molecule has 6 nitrogen and oxygen atoms in total. The minimum Gasteiger partial charge on any atom is -0.387 e. The largest absolute Gasteiger partial charge is 0.387 e. The number of aliphatic hydroxyl groups is 3. The quantitative estimate of drug-likeness (QED) is 0.757. The van der Waals surface area contributed by atoms with Crippen LogP contribution < -0.4 is 0 Å². The first-order valence-electron chi connectivity index (χ1n) is 9.15. The molecular weight excluding hydrogens is 324 g/mol. The van der Waals surface area contributed by atoms with Crippen molar-refractivity contribution in [2.45, 2.75) is 81.1 Å². The van der Waals surface area contributed by atoms with Crippen LogP contribution in [0.5, 0.6) is 0 Å². The Morgan fingerprint density at radius 2 is 1.56 bits per heavy atom. The smallest absolute Gasteiger partial charge is 0.169 e. The molecule has 1 heterocycles.